The van der Waals surface area contributed by atoms with Crippen molar-refractivity contribution in [3.8, 4) is 0 Å². The molecule has 1 amide bonds. The van der Waals surface area contributed by atoms with E-state index in [9.17, 15) is 27.6 Å². The van der Waals surface area contributed by atoms with Crippen LogP contribution in [0.5, 0.6) is 0 Å². The Morgan fingerprint density at radius 3 is 2.53 bits per heavy atom. The van der Waals surface area contributed by atoms with Crippen molar-refractivity contribution in [3.05, 3.63) is 59.7 Å². The van der Waals surface area contributed by atoms with Crippen LogP contribution in [0, 0.1) is 11.3 Å². The smallest absolute Gasteiger partial charge is 0.380 e. The molecule has 2 atom stereocenters. The first-order valence-corrected chi connectivity index (χ1v) is 13.1. The highest BCUT2D eigenvalue weighted by molar-refractivity contribution is 5.89. The van der Waals surface area contributed by atoms with Gasteiger partial charge in [-0.3, -0.25) is 14.4 Å². The summed E-state index contributed by atoms with van der Waals surface area (Å²) in [6.45, 7) is 1.05. The molecule has 2 aromatic carbocycles. The fraction of sp³-hybridized carbons (Fsp3) is 0.483. The van der Waals surface area contributed by atoms with E-state index < -0.39 is 17.2 Å². The molecule has 0 aromatic heterocycles. The molecule has 6 nitrogen and oxygen atoms in total. The number of para-hydroxylation sites is 1. The van der Waals surface area contributed by atoms with Crippen molar-refractivity contribution < 1.29 is 32.3 Å². The number of halogens is 3. The van der Waals surface area contributed by atoms with E-state index in [2.05, 4.69) is 10.6 Å². The second kappa shape index (κ2) is 12.1. The Kier molecular flexibility index (Phi) is 8.87. The van der Waals surface area contributed by atoms with Gasteiger partial charge in [0, 0.05) is 44.0 Å². The lowest BCUT2D eigenvalue weighted by molar-refractivity contribution is -0.137. The number of carbonyl (C=O) groups is 3. The highest BCUT2D eigenvalue weighted by Gasteiger charge is 2.42. The molecule has 0 radical (unpaired) electrons. The van der Waals surface area contributed by atoms with Gasteiger partial charge in [0.1, 0.15) is 11.6 Å². The van der Waals surface area contributed by atoms with Crippen LogP contribution in [0.2, 0.25) is 0 Å². The molecule has 4 rings (SSSR count). The van der Waals surface area contributed by atoms with Gasteiger partial charge >= 0.3 is 6.18 Å². The Morgan fingerprint density at radius 2 is 1.84 bits per heavy atom. The summed E-state index contributed by atoms with van der Waals surface area (Å²) >= 11 is 0. The lowest BCUT2D eigenvalue weighted by Gasteiger charge is -2.26. The molecule has 1 aliphatic heterocycles. The maximum Gasteiger partial charge on any atom is 0.418 e. The van der Waals surface area contributed by atoms with E-state index in [4.69, 9.17) is 4.74 Å². The highest BCUT2D eigenvalue weighted by Crippen LogP contribution is 2.37. The van der Waals surface area contributed by atoms with Gasteiger partial charge in [0.05, 0.1) is 23.3 Å². The minimum absolute atomic E-state index is 0.0298. The number of Topliss-reactive ketones (excluding diaryl/α,β-unsaturated/α-hetero) is 2. The Labute approximate surface area is 220 Å². The van der Waals surface area contributed by atoms with E-state index in [0.29, 0.717) is 57.4 Å². The van der Waals surface area contributed by atoms with E-state index in [-0.39, 0.29) is 35.6 Å². The van der Waals surface area contributed by atoms with E-state index in [1.807, 2.05) is 0 Å². The van der Waals surface area contributed by atoms with Crippen LogP contribution in [-0.4, -0.2) is 30.7 Å². The van der Waals surface area contributed by atoms with Crippen molar-refractivity contribution in [3.63, 3.8) is 0 Å². The molecular weight excluding hydrogens is 497 g/mol. The number of ether oxygens (including phenoxy) is 1. The maximum absolute atomic E-state index is 13.2. The molecule has 204 valence electrons. The molecule has 2 aromatic rings. The number of anilines is 2. The molecule has 38 heavy (non-hydrogen) atoms. The zero-order chi connectivity index (χ0) is 27.2. The Bertz CT molecular complexity index is 1140. The molecule has 1 saturated heterocycles. The van der Waals surface area contributed by atoms with Gasteiger partial charge in [-0.1, -0.05) is 24.3 Å². The van der Waals surface area contributed by atoms with Crippen molar-refractivity contribution in [2.24, 2.45) is 11.3 Å². The molecular formula is C29H33F3N2O4. The van der Waals surface area contributed by atoms with Crippen molar-refractivity contribution in [2.45, 2.75) is 64.1 Å². The van der Waals surface area contributed by atoms with Gasteiger partial charge in [-0.2, -0.15) is 13.2 Å². The average Bonchev–Trinajstić information content (AvgIpc) is 3.38. The quantitative estimate of drug-likeness (QED) is 0.395. The summed E-state index contributed by atoms with van der Waals surface area (Å²) in [5, 5.41) is 5.78. The van der Waals surface area contributed by atoms with Crippen LogP contribution >= 0.6 is 0 Å². The van der Waals surface area contributed by atoms with Crippen LogP contribution in [0.3, 0.4) is 0 Å². The number of benzene rings is 2. The van der Waals surface area contributed by atoms with E-state index >= 15 is 0 Å². The fourth-order valence-corrected chi connectivity index (χ4v) is 5.27. The van der Waals surface area contributed by atoms with E-state index in [0.717, 1.165) is 24.5 Å². The largest absolute Gasteiger partial charge is 0.418 e. The number of rotatable bonds is 10. The van der Waals surface area contributed by atoms with Crippen molar-refractivity contribution in [2.75, 3.05) is 18.5 Å². The van der Waals surface area contributed by atoms with Crippen molar-refractivity contribution in [1.82, 2.24) is 5.32 Å². The summed E-state index contributed by atoms with van der Waals surface area (Å²) in [6.07, 6.45) is 0.0280. The lowest BCUT2D eigenvalue weighted by atomic mass is 9.79. The zero-order valence-corrected chi connectivity index (χ0v) is 21.2. The molecule has 0 spiro atoms. The van der Waals surface area contributed by atoms with Gasteiger partial charge in [0.25, 0.3) is 0 Å². The maximum atomic E-state index is 13.2. The number of hydrogen-bond acceptors (Lipinski definition) is 5. The molecule has 2 unspecified atom stereocenters. The summed E-state index contributed by atoms with van der Waals surface area (Å²) < 4.78 is 45.3. The van der Waals surface area contributed by atoms with E-state index in [1.165, 1.54) is 18.2 Å². The predicted octanol–water partition coefficient (Wildman–Crippen LogP) is 5.97. The monoisotopic (exact) mass is 530 g/mol. The van der Waals surface area contributed by atoms with Gasteiger partial charge in [-0.05, 0) is 61.9 Å². The molecule has 0 bridgehead atoms. The predicted molar refractivity (Wildman–Crippen MR) is 137 cm³/mol. The normalized spacial score (nSPS) is 21.8. The fourth-order valence-electron chi connectivity index (χ4n) is 5.27. The minimum atomic E-state index is -4.46. The van der Waals surface area contributed by atoms with Gasteiger partial charge in [0.15, 0.2) is 0 Å². The molecule has 2 aliphatic rings. The lowest BCUT2D eigenvalue weighted by Crippen LogP contribution is -2.41. The van der Waals surface area contributed by atoms with Gasteiger partial charge in [-0.25, -0.2) is 0 Å². The first kappa shape index (κ1) is 27.8. The summed E-state index contributed by atoms with van der Waals surface area (Å²) in [7, 11) is 0. The average molecular weight is 531 g/mol. The minimum Gasteiger partial charge on any atom is -0.380 e. The number of ketones is 2. The summed E-state index contributed by atoms with van der Waals surface area (Å²) in [4.78, 5) is 37.4. The number of amides is 1. The second-order valence-electron chi connectivity index (χ2n) is 10.3. The van der Waals surface area contributed by atoms with Crippen LogP contribution in [0.4, 0.5) is 24.5 Å². The van der Waals surface area contributed by atoms with Crippen LogP contribution in [0.25, 0.3) is 0 Å². The van der Waals surface area contributed by atoms with Crippen LogP contribution in [0.15, 0.2) is 48.5 Å². The topological polar surface area (TPSA) is 84.5 Å². The molecule has 1 heterocycles. The van der Waals surface area contributed by atoms with E-state index in [1.54, 1.807) is 24.3 Å². The Hall–Kier alpha value is -3.20. The first-order valence-electron chi connectivity index (χ1n) is 13.1. The summed E-state index contributed by atoms with van der Waals surface area (Å²) in [6, 6.07) is 12.1. The van der Waals surface area contributed by atoms with Gasteiger partial charge in [0.2, 0.25) is 5.91 Å². The summed E-state index contributed by atoms with van der Waals surface area (Å²) in [5.41, 5.74) is -0.154. The SMILES string of the molecule is O=C1CCCC(C(=O)CCCC2(C(=O)NCc3ccc(Nc4ccccc4C(F)(F)F)cc3)CCOC2)C1. The third kappa shape index (κ3) is 7.01. The van der Waals surface area contributed by atoms with Gasteiger partial charge < -0.3 is 15.4 Å². The molecule has 2 fully saturated rings. The third-order valence-corrected chi connectivity index (χ3v) is 7.52. The van der Waals surface area contributed by atoms with Crippen LogP contribution in [-0.2, 0) is 31.8 Å². The number of hydrogen-bond donors (Lipinski definition) is 2. The molecule has 9 heteroatoms. The van der Waals surface area contributed by atoms with Crippen molar-refractivity contribution in [1.29, 1.82) is 0 Å². The van der Waals surface area contributed by atoms with Gasteiger partial charge in [-0.15, -0.1) is 0 Å². The standard InChI is InChI=1S/C29H33F3N2O4/c30-29(31,32)24-7-1-2-8-25(24)34-22-12-10-20(11-13-22)18-33-27(37)28(15-16-38-19-28)14-4-9-26(36)21-5-3-6-23(35)17-21/h1-2,7-8,10-13,21,34H,3-6,9,14-19H2,(H,33,37). The number of nitrogens with one attached hydrogen (secondary N) is 2. The highest BCUT2D eigenvalue weighted by atomic mass is 19.4. The summed E-state index contributed by atoms with van der Waals surface area (Å²) in [5.74, 6) is -0.0412. The van der Waals surface area contributed by atoms with Crippen LogP contribution < -0.4 is 10.6 Å². The number of alkyl halides is 3. The third-order valence-electron chi connectivity index (χ3n) is 7.52. The Morgan fingerprint density at radius 1 is 1.08 bits per heavy atom. The zero-order valence-electron chi connectivity index (χ0n) is 21.2. The van der Waals surface area contributed by atoms with Crippen LogP contribution in [0.1, 0.15) is 62.5 Å². The molecule has 2 N–H and O–H groups in total. The first-order chi connectivity index (χ1) is 18.2. The van der Waals surface area contributed by atoms with Crippen molar-refractivity contribution >= 4 is 28.8 Å². The Balaban J connectivity index is 1.29. The second-order valence-corrected chi connectivity index (χ2v) is 10.3. The molecule has 1 saturated carbocycles. The molecule has 1 aliphatic carbocycles. The number of carbonyl (C=O) groups excluding carboxylic acids is 3.